The summed E-state index contributed by atoms with van der Waals surface area (Å²) in [4.78, 5) is 4.92. The molecule has 0 spiro atoms. The molecule has 94 valence electrons. The Morgan fingerprint density at radius 3 is 3.00 bits per heavy atom. The lowest BCUT2D eigenvalue weighted by molar-refractivity contribution is 0.0168. The Hall–Kier alpha value is -0.160. The van der Waals surface area contributed by atoms with Gasteiger partial charge in [-0.05, 0) is 33.5 Å². The fraction of sp³-hybridized carbons (Fsp3) is 1.00. The van der Waals surface area contributed by atoms with Crippen molar-refractivity contribution in [2.24, 2.45) is 0 Å². The first-order valence-electron chi connectivity index (χ1n) is 6.47. The van der Waals surface area contributed by atoms with Crippen molar-refractivity contribution in [1.82, 2.24) is 15.1 Å². The minimum atomic E-state index is 0.426. The quantitative estimate of drug-likeness (QED) is 0.732. The van der Waals surface area contributed by atoms with Gasteiger partial charge in [-0.2, -0.15) is 0 Å². The lowest BCUT2D eigenvalue weighted by Crippen LogP contribution is -2.41. The summed E-state index contributed by atoms with van der Waals surface area (Å²) in [6.45, 7) is 6.54. The van der Waals surface area contributed by atoms with Gasteiger partial charge in [0.05, 0.1) is 12.7 Å². The molecule has 0 aromatic rings. The molecule has 2 aliphatic heterocycles. The normalized spacial score (nSPS) is 32.4. The second-order valence-electron chi connectivity index (χ2n) is 5.17. The molecule has 2 rings (SSSR count). The van der Waals surface area contributed by atoms with Crippen LogP contribution in [0.3, 0.4) is 0 Å². The highest BCUT2D eigenvalue weighted by Gasteiger charge is 2.23. The second kappa shape index (κ2) is 5.96. The molecule has 0 saturated carbocycles. The SMILES string of the molecule is CN1CCC(N(C)CCC2CNCCO2)C1. The van der Waals surface area contributed by atoms with Gasteiger partial charge in [-0.25, -0.2) is 0 Å². The topological polar surface area (TPSA) is 27.7 Å². The Balaban J connectivity index is 1.64. The Kier molecular flexibility index (Phi) is 4.58. The van der Waals surface area contributed by atoms with Crippen LogP contribution in [-0.2, 0) is 4.74 Å². The van der Waals surface area contributed by atoms with Gasteiger partial charge in [-0.3, -0.25) is 0 Å². The molecule has 4 nitrogen and oxygen atoms in total. The van der Waals surface area contributed by atoms with E-state index < -0.39 is 0 Å². The molecular weight excluding hydrogens is 202 g/mol. The van der Waals surface area contributed by atoms with Crippen LogP contribution in [0.4, 0.5) is 0 Å². The van der Waals surface area contributed by atoms with E-state index in [1.54, 1.807) is 0 Å². The Morgan fingerprint density at radius 1 is 1.50 bits per heavy atom. The summed E-state index contributed by atoms with van der Waals surface area (Å²) in [7, 11) is 4.46. The smallest absolute Gasteiger partial charge is 0.0712 e. The number of likely N-dealkylation sites (tertiary alicyclic amines) is 1. The van der Waals surface area contributed by atoms with Gasteiger partial charge in [0.1, 0.15) is 0 Å². The highest BCUT2D eigenvalue weighted by molar-refractivity contribution is 4.80. The van der Waals surface area contributed by atoms with E-state index in [0.717, 1.165) is 38.7 Å². The standard InChI is InChI=1S/C12H25N3O/c1-14-6-3-11(10-14)15(2)7-4-12-9-13-5-8-16-12/h11-13H,3-10H2,1-2H3. The van der Waals surface area contributed by atoms with Gasteiger partial charge in [0, 0.05) is 32.2 Å². The van der Waals surface area contributed by atoms with Gasteiger partial charge >= 0.3 is 0 Å². The van der Waals surface area contributed by atoms with E-state index in [0.29, 0.717) is 6.10 Å². The third kappa shape index (κ3) is 3.42. The maximum absolute atomic E-state index is 5.71. The van der Waals surface area contributed by atoms with E-state index >= 15 is 0 Å². The van der Waals surface area contributed by atoms with Crippen LogP contribution in [0, 0.1) is 0 Å². The zero-order valence-corrected chi connectivity index (χ0v) is 10.6. The molecule has 0 amide bonds. The van der Waals surface area contributed by atoms with Crippen LogP contribution < -0.4 is 5.32 Å². The van der Waals surface area contributed by atoms with Crippen molar-refractivity contribution < 1.29 is 4.74 Å². The molecule has 0 aromatic carbocycles. The average Bonchev–Trinajstić information content (AvgIpc) is 2.74. The van der Waals surface area contributed by atoms with Crippen LogP contribution in [-0.4, -0.2) is 75.4 Å². The monoisotopic (exact) mass is 227 g/mol. The molecule has 2 fully saturated rings. The van der Waals surface area contributed by atoms with Crippen molar-refractivity contribution >= 4 is 0 Å². The molecule has 2 atom stereocenters. The van der Waals surface area contributed by atoms with Crippen molar-refractivity contribution in [3.63, 3.8) is 0 Å². The first kappa shape index (κ1) is 12.3. The lowest BCUT2D eigenvalue weighted by atomic mass is 10.2. The third-order valence-corrected chi connectivity index (χ3v) is 3.80. The fourth-order valence-electron chi connectivity index (χ4n) is 2.61. The summed E-state index contributed by atoms with van der Waals surface area (Å²) in [6, 6.07) is 0.751. The molecule has 2 unspecified atom stereocenters. The summed E-state index contributed by atoms with van der Waals surface area (Å²) in [6.07, 6.45) is 2.90. The molecule has 2 heterocycles. The number of morpholine rings is 1. The number of hydrogen-bond donors (Lipinski definition) is 1. The average molecular weight is 227 g/mol. The van der Waals surface area contributed by atoms with E-state index in [9.17, 15) is 0 Å². The minimum Gasteiger partial charge on any atom is -0.376 e. The van der Waals surface area contributed by atoms with Crippen molar-refractivity contribution in [3.8, 4) is 0 Å². The lowest BCUT2D eigenvalue weighted by Gasteiger charge is -2.28. The van der Waals surface area contributed by atoms with E-state index in [4.69, 9.17) is 4.74 Å². The summed E-state index contributed by atoms with van der Waals surface area (Å²) >= 11 is 0. The van der Waals surface area contributed by atoms with Crippen molar-refractivity contribution in [1.29, 1.82) is 0 Å². The molecule has 16 heavy (non-hydrogen) atoms. The fourth-order valence-corrected chi connectivity index (χ4v) is 2.61. The maximum atomic E-state index is 5.71. The third-order valence-electron chi connectivity index (χ3n) is 3.80. The van der Waals surface area contributed by atoms with Gasteiger partial charge in [0.2, 0.25) is 0 Å². The Morgan fingerprint density at radius 2 is 2.38 bits per heavy atom. The highest BCUT2D eigenvalue weighted by Crippen LogP contribution is 2.13. The van der Waals surface area contributed by atoms with Gasteiger partial charge in [0.15, 0.2) is 0 Å². The predicted octanol–water partition coefficient (Wildman–Crippen LogP) is 0.000800. The number of nitrogens with one attached hydrogen (secondary N) is 1. The van der Waals surface area contributed by atoms with Gasteiger partial charge in [-0.15, -0.1) is 0 Å². The van der Waals surface area contributed by atoms with E-state index in [2.05, 4.69) is 29.2 Å². The summed E-state index contributed by atoms with van der Waals surface area (Å²) in [5.41, 5.74) is 0. The number of rotatable bonds is 4. The molecule has 0 aromatic heterocycles. The van der Waals surface area contributed by atoms with E-state index in [1.807, 2.05) is 0 Å². The number of ether oxygens (including phenoxy) is 1. The van der Waals surface area contributed by atoms with E-state index in [-0.39, 0.29) is 0 Å². The second-order valence-corrected chi connectivity index (χ2v) is 5.17. The zero-order valence-electron chi connectivity index (χ0n) is 10.6. The molecule has 0 radical (unpaired) electrons. The molecule has 0 aliphatic carbocycles. The summed E-state index contributed by atoms with van der Waals surface area (Å²) in [5.74, 6) is 0. The Bertz CT molecular complexity index is 206. The first-order valence-corrected chi connectivity index (χ1v) is 6.47. The van der Waals surface area contributed by atoms with Crippen molar-refractivity contribution in [2.45, 2.75) is 25.0 Å². The van der Waals surface area contributed by atoms with Crippen LogP contribution in [0.25, 0.3) is 0 Å². The molecule has 2 aliphatic rings. The predicted molar refractivity (Wildman–Crippen MR) is 65.8 cm³/mol. The molecule has 1 N–H and O–H groups in total. The molecule has 4 heteroatoms. The van der Waals surface area contributed by atoms with Gasteiger partial charge in [0.25, 0.3) is 0 Å². The van der Waals surface area contributed by atoms with Crippen LogP contribution in [0.2, 0.25) is 0 Å². The van der Waals surface area contributed by atoms with E-state index in [1.165, 1.54) is 19.5 Å². The van der Waals surface area contributed by atoms with Crippen LogP contribution >= 0.6 is 0 Å². The Labute approximate surface area is 98.9 Å². The minimum absolute atomic E-state index is 0.426. The van der Waals surface area contributed by atoms with Gasteiger partial charge in [-0.1, -0.05) is 0 Å². The molecular formula is C12H25N3O. The van der Waals surface area contributed by atoms with Crippen molar-refractivity contribution in [3.05, 3.63) is 0 Å². The van der Waals surface area contributed by atoms with Crippen molar-refractivity contribution in [2.75, 3.05) is 53.4 Å². The first-order chi connectivity index (χ1) is 7.75. The largest absolute Gasteiger partial charge is 0.376 e. The van der Waals surface area contributed by atoms with Gasteiger partial charge < -0.3 is 19.9 Å². The molecule has 0 bridgehead atoms. The van der Waals surface area contributed by atoms with Crippen LogP contribution in [0.15, 0.2) is 0 Å². The zero-order chi connectivity index (χ0) is 11.4. The van der Waals surface area contributed by atoms with Crippen LogP contribution in [0.1, 0.15) is 12.8 Å². The summed E-state index contributed by atoms with van der Waals surface area (Å²) < 4.78 is 5.71. The summed E-state index contributed by atoms with van der Waals surface area (Å²) in [5, 5.41) is 3.38. The number of hydrogen-bond acceptors (Lipinski definition) is 4. The number of nitrogens with zero attached hydrogens (tertiary/aromatic N) is 2. The van der Waals surface area contributed by atoms with Crippen LogP contribution in [0.5, 0.6) is 0 Å². The highest BCUT2D eigenvalue weighted by atomic mass is 16.5. The molecule has 2 saturated heterocycles. The maximum Gasteiger partial charge on any atom is 0.0712 e. The number of likely N-dealkylation sites (N-methyl/N-ethyl adjacent to an activating group) is 2.